The molecule has 2 rings (SSSR count). The Balaban J connectivity index is 2.46. The number of nitriles is 1. The van der Waals surface area contributed by atoms with E-state index < -0.39 is 4.92 Å². The van der Waals surface area contributed by atoms with E-state index in [2.05, 4.69) is 10.4 Å². The molecule has 1 N–H and O–H groups in total. The molecule has 0 bridgehead atoms. The maximum absolute atomic E-state index is 11.0. The number of rotatable bonds is 4. The van der Waals surface area contributed by atoms with Crippen LogP contribution in [0.3, 0.4) is 0 Å². The summed E-state index contributed by atoms with van der Waals surface area (Å²) >= 11 is 0. The van der Waals surface area contributed by atoms with E-state index in [4.69, 9.17) is 5.26 Å². The van der Waals surface area contributed by atoms with Gasteiger partial charge in [0.25, 0.3) is 5.69 Å². The van der Waals surface area contributed by atoms with Gasteiger partial charge in [-0.05, 0) is 18.6 Å². The van der Waals surface area contributed by atoms with Gasteiger partial charge in [-0.2, -0.15) is 10.4 Å². The second-order valence-corrected chi connectivity index (χ2v) is 4.24. The first-order valence-corrected chi connectivity index (χ1v) is 6.03. The minimum atomic E-state index is -0.481. The molecule has 1 heterocycles. The summed E-state index contributed by atoms with van der Waals surface area (Å²) < 4.78 is 1.64. The Kier molecular flexibility index (Phi) is 3.66. The third kappa shape index (κ3) is 2.59. The van der Waals surface area contributed by atoms with E-state index in [0.717, 1.165) is 5.69 Å². The lowest BCUT2D eigenvalue weighted by Gasteiger charge is -2.06. The number of anilines is 2. The van der Waals surface area contributed by atoms with Crippen molar-refractivity contribution in [2.45, 2.75) is 13.3 Å². The summed E-state index contributed by atoms with van der Waals surface area (Å²) in [4.78, 5) is 10.6. The van der Waals surface area contributed by atoms with Crippen molar-refractivity contribution >= 4 is 17.1 Å². The molecule has 1 aromatic heterocycles. The monoisotopic (exact) mass is 271 g/mol. The molecule has 0 aliphatic carbocycles. The van der Waals surface area contributed by atoms with Gasteiger partial charge in [-0.1, -0.05) is 6.92 Å². The van der Waals surface area contributed by atoms with E-state index in [9.17, 15) is 10.1 Å². The summed E-state index contributed by atoms with van der Waals surface area (Å²) in [6.07, 6.45) is 2.45. The molecular weight excluding hydrogens is 258 g/mol. The molecule has 7 nitrogen and oxygen atoms in total. The Hall–Kier alpha value is -2.88. The normalized spacial score (nSPS) is 10.1. The van der Waals surface area contributed by atoms with E-state index in [1.165, 1.54) is 18.2 Å². The van der Waals surface area contributed by atoms with E-state index >= 15 is 0 Å². The Labute approximate surface area is 115 Å². The van der Waals surface area contributed by atoms with Crippen LogP contribution in [0.15, 0.2) is 24.4 Å². The van der Waals surface area contributed by atoms with Gasteiger partial charge in [-0.25, -0.2) is 0 Å². The molecule has 7 heteroatoms. The van der Waals surface area contributed by atoms with Crippen LogP contribution in [0.2, 0.25) is 0 Å². The van der Waals surface area contributed by atoms with Gasteiger partial charge in [0.15, 0.2) is 0 Å². The number of benzene rings is 1. The predicted octanol–water partition coefficient (Wildman–Crippen LogP) is 2.51. The fourth-order valence-corrected chi connectivity index (χ4v) is 1.91. The van der Waals surface area contributed by atoms with Gasteiger partial charge in [0.2, 0.25) is 0 Å². The molecule has 0 aliphatic heterocycles. The lowest BCUT2D eigenvalue weighted by atomic mass is 10.1. The first-order valence-electron chi connectivity index (χ1n) is 6.03. The minimum Gasteiger partial charge on any atom is -0.347 e. The van der Waals surface area contributed by atoms with Gasteiger partial charge in [-0.3, -0.25) is 14.8 Å². The van der Waals surface area contributed by atoms with Crippen molar-refractivity contribution < 1.29 is 4.92 Å². The summed E-state index contributed by atoms with van der Waals surface area (Å²) in [7, 11) is 1.78. The molecule has 2 aromatic rings. The lowest BCUT2D eigenvalue weighted by molar-refractivity contribution is -0.383. The lowest BCUT2D eigenvalue weighted by Crippen LogP contribution is -1.99. The smallest absolute Gasteiger partial charge is 0.292 e. The molecule has 20 heavy (non-hydrogen) atoms. The summed E-state index contributed by atoms with van der Waals surface area (Å²) in [5.41, 5.74) is 2.09. The summed E-state index contributed by atoms with van der Waals surface area (Å²) in [6.45, 7) is 1.95. The fraction of sp³-hybridized carbons (Fsp3) is 0.231. The van der Waals surface area contributed by atoms with E-state index in [1.807, 2.05) is 13.0 Å². The average molecular weight is 271 g/mol. The summed E-state index contributed by atoms with van der Waals surface area (Å²) in [5, 5.41) is 27.2. The van der Waals surface area contributed by atoms with Crippen molar-refractivity contribution in [3.8, 4) is 6.07 Å². The second kappa shape index (κ2) is 5.40. The van der Waals surface area contributed by atoms with Crippen LogP contribution in [-0.2, 0) is 13.5 Å². The molecule has 0 fully saturated rings. The zero-order valence-electron chi connectivity index (χ0n) is 11.1. The highest BCUT2D eigenvalue weighted by Crippen LogP contribution is 2.29. The summed E-state index contributed by atoms with van der Waals surface area (Å²) in [6, 6.07) is 6.18. The summed E-state index contributed by atoms with van der Waals surface area (Å²) in [5.74, 6) is 0. The Morgan fingerprint density at radius 1 is 1.50 bits per heavy atom. The molecule has 102 valence electrons. The van der Waals surface area contributed by atoms with E-state index in [1.54, 1.807) is 17.9 Å². The molecule has 0 unspecified atom stereocenters. The standard InChI is InChI=1S/C13H13N5O2/c1-3-10-12(8-17(2)16-10)15-11-6-9(7-14)4-5-13(11)18(19)20/h4-6,8,15H,3H2,1-2H3. The zero-order valence-corrected chi connectivity index (χ0v) is 11.1. The topological polar surface area (TPSA) is 96.8 Å². The molecule has 0 amide bonds. The predicted molar refractivity (Wildman–Crippen MR) is 73.7 cm³/mol. The maximum atomic E-state index is 11.0. The molecule has 0 saturated carbocycles. The molecule has 0 spiro atoms. The van der Waals surface area contributed by atoms with Crippen molar-refractivity contribution in [2.75, 3.05) is 5.32 Å². The first-order chi connectivity index (χ1) is 9.55. The third-order valence-corrected chi connectivity index (χ3v) is 2.83. The van der Waals surface area contributed by atoms with Crippen molar-refractivity contribution in [1.29, 1.82) is 5.26 Å². The molecule has 0 saturated heterocycles. The molecule has 0 atom stereocenters. The van der Waals surface area contributed by atoms with E-state index in [-0.39, 0.29) is 11.4 Å². The van der Waals surface area contributed by atoms with Gasteiger partial charge in [0.05, 0.1) is 27.9 Å². The van der Waals surface area contributed by atoms with Crippen LogP contribution in [0.5, 0.6) is 0 Å². The maximum Gasteiger partial charge on any atom is 0.292 e. The number of nitro benzene ring substituents is 1. The minimum absolute atomic E-state index is 0.0742. The van der Waals surface area contributed by atoms with Crippen LogP contribution in [0.25, 0.3) is 0 Å². The number of aryl methyl sites for hydroxylation is 2. The highest BCUT2D eigenvalue weighted by molar-refractivity contribution is 5.71. The quantitative estimate of drug-likeness (QED) is 0.680. The Morgan fingerprint density at radius 3 is 2.85 bits per heavy atom. The third-order valence-electron chi connectivity index (χ3n) is 2.83. The Morgan fingerprint density at radius 2 is 2.25 bits per heavy atom. The Bertz CT molecular complexity index is 699. The SMILES string of the molecule is CCc1nn(C)cc1Nc1cc(C#N)ccc1[N+](=O)[O-]. The van der Waals surface area contributed by atoms with Crippen LogP contribution in [-0.4, -0.2) is 14.7 Å². The number of aromatic nitrogens is 2. The van der Waals surface area contributed by atoms with Crippen LogP contribution in [0, 0.1) is 21.4 Å². The molecule has 0 radical (unpaired) electrons. The second-order valence-electron chi connectivity index (χ2n) is 4.24. The number of hydrogen-bond acceptors (Lipinski definition) is 5. The van der Waals surface area contributed by atoms with Gasteiger partial charge >= 0.3 is 0 Å². The highest BCUT2D eigenvalue weighted by Gasteiger charge is 2.16. The van der Waals surface area contributed by atoms with Crippen molar-refractivity contribution in [1.82, 2.24) is 9.78 Å². The fourth-order valence-electron chi connectivity index (χ4n) is 1.91. The number of nitrogens with zero attached hydrogens (tertiary/aromatic N) is 4. The van der Waals surface area contributed by atoms with Crippen molar-refractivity contribution in [3.05, 3.63) is 45.8 Å². The number of nitrogens with one attached hydrogen (secondary N) is 1. The van der Waals surface area contributed by atoms with Crippen molar-refractivity contribution in [2.24, 2.45) is 7.05 Å². The van der Waals surface area contributed by atoms with Gasteiger partial charge in [0.1, 0.15) is 5.69 Å². The van der Waals surface area contributed by atoms with Crippen molar-refractivity contribution in [3.63, 3.8) is 0 Å². The van der Waals surface area contributed by atoms with Gasteiger partial charge in [-0.15, -0.1) is 0 Å². The van der Waals surface area contributed by atoms with Gasteiger partial charge < -0.3 is 5.32 Å². The first kappa shape index (κ1) is 13.5. The zero-order chi connectivity index (χ0) is 14.7. The van der Waals surface area contributed by atoms with Crippen LogP contribution < -0.4 is 5.32 Å². The molecule has 0 aliphatic rings. The number of hydrogen-bond donors (Lipinski definition) is 1. The largest absolute Gasteiger partial charge is 0.347 e. The average Bonchev–Trinajstić information content (AvgIpc) is 2.78. The van der Waals surface area contributed by atoms with Crippen LogP contribution in [0.4, 0.5) is 17.1 Å². The van der Waals surface area contributed by atoms with Gasteiger partial charge in [0, 0.05) is 19.3 Å². The van der Waals surface area contributed by atoms with E-state index in [0.29, 0.717) is 17.7 Å². The number of nitro groups is 1. The molecular formula is C13H13N5O2. The molecule has 1 aromatic carbocycles. The van der Waals surface area contributed by atoms with Crippen LogP contribution >= 0.6 is 0 Å². The van der Waals surface area contributed by atoms with Crippen LogP contribution in [0.1, 0.15) is 18.2 Å². The highest BCUT2D eigenvalue weighted by atomic mass is 16.6.